The first-order valence-electron chi connectivity index (χ1n) is 4.26. The molecular formula is C8H11N3O. The van der Waals surface area contributed by atoms with Crippen LogP contribution in [0.15, 0.2) is 0 Å². The third-order valence-corrected chi connectivity index (χ3v) is 2.14. The topological polar surface area (TPSA) is 58.6 Å². The standard InChI is InChI=1S/C8H11N3O/c1-2-6-7(10-11-9-6)8(12)5-3-4-5/h5H,2-4H2,1H3,(H,9,10,11). The summed E-state index contributed by atoms with van der Waals surface area (Å²) in [6.07, 6.45) is 2.81. The second-order valence-electron chi connectivity index (χ2n) is 3.11. The molecule has 0 aromatic carbocycles. The molecule has 0 radical (unpaired) electrons. The van der Waals surface area contributed by atoms with Crippen LogP contribution in [0.2, 0.25) is 0 Å². The van der Waals surface area contributed by atoms with E-state index in [-0.39, 0.29) is 11.7 Å². The Morgan fingerprint density at radius 3 is 2.92 bits per heavy atom. The van der Waals surface area contributed by atoms with Gasteiger partial charge in [0.2, 0.25) is 0 Å². The van der Waals surface area contributed by atoms with Crippen LogP contribution < -0.4 is 0 Å². The fourth-order valence-electron chi connectivity index (χ4n) is 1.24. The molecule has 64 valence electrons. The molecule has 4 heteroatoms. The normalized spacial score (nSPS) is 16.4. The quantitative estimate of drug-likeness (QED) is 0.678. The predicted molar refractivity (Wildman–Crippen MR) is 42.8 cm³/mol. The smallest absolute Gasteiger partial charge is 0.188 e. The molecule has 1 heterocycles. The molecule has 12 heavy (non-hydrogen) atoms. The number of nitrogens with one attached hydrogen (secondary N) is 1. The molecule has 1 aromatic rings. The Morgan fingerprint density at radius 2 is 2.33 bits per heavy atom. The highest BCUT2D eigenvalue weighted by atomic mass is 16.1. The third-order valence-electron chi connectivity index (χ3n) is 2.14. The van der Waals surface area contributed by atoms with Gasteiger partial charge in [-0.25, -0.2) is 0 Å². The number of hydrogen-bond acceptors (Lipinski definition) is 3. The number of H-pyrrole nitrogens is 1. The lowest BCUT2D eigenvalue weighted by Gasteiger charge is -1.93. The Bertz CT molecular complexity index is 301. The van der Waals surface area contributed by atoms with Crippen molar-refractivity contribution in [1.82, 2.24) is 15.4 Å². The number of rotatable bonds is 3. The van der Waals surface area contributed by atoms with Crippen LogP contribution in [0.5, 0.6) is 0 Å². The zero-order valence-corrected chi connectivity index (χ0v) is 7.00. The van der Waals surface area contributed by atoms with Crippen LogP contribution in [0, 0.1) is 5.92 Å². The van der Waals surface area contributed by atoms with E-state index in [1.165, 1.54) is 0 Å². The minimum Gasteiger partial charge on any atom is -0.292 e. The van der Waals surface area contributed by atoms with Crippen LogP contribution in [0.25, 0.3) is 0 Å². The average molecular weight is 165 g/mol. The van der Waals surface area contributed by atoms with Crippen LogP contribution >= 0.6 is 0 Å². The zero-order chi connectivity index (χ0) is 8.55. The first-order chi connectivity index (χ1) is 5.83. The van der Waals surface area contributed by atoms with Crippen molar-refractivity contribution in [3.8, 4) is 0 Å². The van der Waals surface area contributed by atoms with Gasteiger partial charge in [0.15, 0.2) is 11.5 Å². The van der Waals surface area contributed by atoms with E-state index in [1.807, 2.05) is 6.92 Å². The zero-order valence-electron chi connectivity index (χ0n) is 7.00. The highest BCUT2D eigenvalue weighted by molar-refractivity contribution is 5.98. The number of aromatic nitrogens is 3. The maximum atomic E-state index is 11.5. The number of Topliss-reactive ketones (excluding diaryl/α,β-unsaturated/α-hetero) is 1. The molecule has 0 saturated heterocycles. The van der Waals surface area contributed by atoms with Gasteiger partial charge >= 0.3 is 0 Å². The molecule has 0 aliphatic heterocycles. The second kappa shape index (κ2) is 2.69. The van der Waals surface area contributed by atoms with Crippen LogP contribution in [-0.4, -0.2) is 21.2 Å². The number of ketones is 1. The van der Waals surface area contributed by atoms with Crippen molar-refractivity contribution in [3.63, 3.8) is 0 Å². The molecule has 4 nitrogen and oxygen atoms in total. The van der Waals surface area contributed by atoms with Gasteiger partial charge in [-0.1, -0.05) is 6.92 Å². The molecule has 1 saturated carbocycles. The van der Waals surface area contributed by atoms with Gasteiger partial charge in [0, 0.05) is 5.92 Å². The molecule has 0 amide bonds. The number of aryl methyl sites for hydroxylation is 1. The maximum absolute atomic E-state index is 11.5. The largest absolute Gasteiger partial charge is 0.292 e. The highest BCUT2D eigenvalue weighted by Gasteiger charge is 2.33. The van der Waals surface area contributed by atoms with E-state index in [0.717, 1.165) is 25.0 Å². The molecule has 1 N–H and O–H groups in total. The van der Waals surface area contributed by atoms with Crippen molar-refractivity contribution < 1.29 is 4.79 Å². The van der Waals surface area contributed by atoms with E-state index in [0.29, 0.717) is 5.69 Å². The molecular weight excluding hydrogens is 154 g/mol. The van der Waals surface area contributed by atoms with Gasteiger partial charge in [-0.15, -0.1) is 0 Å². The average Bonchev–Trinajstić information content (AvgIpc) is 2.82. The lowest BCUT2D eigenvalue weighted by Crippen LogP contribution is -2.05. The number of aromatic amines is 1. The van der Waals surface area contributed by atoms with Gasteiger partial charge in [-0.05, 0) is 19.3 Å². The lowest BCUT2D eigenvalue weighted by atomic mass is 10.1. The van der Waals surface area contributed by atoms with Gasteiger partial charge in [-0.3, -0.25) is 4.79 Å². The van der Waals surface area contributed by atoms with Crippen LogP contribution in [-0.2, 0) is 6.42 Å². The molecule has 0 spiro atoms. The number of hydrogen-bond donors (Lipinski definition) is 1. The molecule has 0 unspecified atom stereocenters. The minimum atomic E-state index is 0.167. The summed E-state index contributed by atoms with van der Waals surface area (Å²) in [5.74, 6) is 0.404. The van der Waals surface area contributed by atoms with Crippen molar-refractivity contribution in [3.05, 3.63) is 11.4 Å². The Hall–Kier alpha value is -1.19. The molecule has 2 rings (SSSR count). The van der Waals surface area contributed by atoms with Crippen molar-refractivity contribution in [1.29, 1.82) is 0 Å². The number of carbonyl (C=O) groups is 1. The number of nitrogens with zero attached hydrogens (tertiary/aromatic N) is 2. The second-order valence-corrected chi connectivity index (χ2v) is 3.11. The SMILES string of the molecule is CCc1n[nH]nc1C(=O)C1CC1. The van der Waals surface area contributed by atoms with E-state index in [9.17, 15) is 4.79 Å². The first-order valence-corrected chi connectivity index (χ1v) is 4.26. The fourth-order valence-corrected chi connectivity index (χ4v) is 1.24. The van der Waals surface area contributed by atoms with Crippen molar-refractivity contribution >= 4 is 5.78 Å². The van der Waals surface area contributed by atoms with Crippen molar-refractivity contribution in [2.45, 2.75) is 26.2 Å². The van der Waals surface area contributed by atoms with E-state index in [1.54, 1.807) is 0 Å². The van der Waals surface area contributed by atoms with Crippen LogP contribution in [0.4, 0.5) is 0 Å². The Balaban J connectivity index is 2.25. The van der Waals surface area contributed by atoms with Gasteiger partial charge in [0.05, 0.1) is 5.69 Å². The van der Waals surface area contributed by atoms with Gasteiger partial charge in [0.1, 0.15) is 0 Å². The fraction of sp³-hybridized carbons (Fsp3) is 0.625. The lowest BCUT2D eigenvalue weighted by molar-refractivity contribution is 0.0962. The molecule has 1 aliphatic carbocycles. The summed E-state index contributed by atoms with van der Waals surface area (Å²) in [5.41, 5.74) is 1.35. The third kappa shape index (κ3) is 1.13. The summed E-state index contributed by atoms with van der Waals surface area (Å²) in [7, 11) is 0. The summed E-state index contributed by atoms with van der Waals surface area (Å²) in [5, 5.41) is 10.3. The highest BCUT2D eigenvalue weighted by Crippen LogP contribution is 2.32. The molecule has 1 fully saturated rings. The Kier molecular flexibility index (Phi) is 1.67. The number of carbonyl (C=O) groups excluding carboxylic acids is 1. The Morgan fingerprint density at radius 1 is 1.58 bits per heavy atom. The van der Waals surface area contributed by atoms with Crippen molar-refractivity contribution in [2.75, 3.05) is 0 Å². The summed E-state index contributed by atoms with van der Waals surface area (Å²) in [6.45, 7) is 1.97. The summed E-state index contributed by atoms with van der Waals surface area (Å²) in [6, 6.07) is 0. The maximum Gasteiger partial charge on any atom is 0.188 e. The predicted octanol–water partition coefficient (Wildman–Crippen LogP) is 0.960. The van der Waals surface area contributed by atoms with E-state index < -0.39 is 0 Å². The van der Waals surface area contributed by atoms with Gasteiger partial charge in [0.25, 0.3) is 0 Å². The van der Waals surface area contributed by atoms with E-state index >= 15 is 0 Å². The monoisotopic (exact) mass is 165 g/mol. The van der Waals surface area contributed by atoms with Crippen LogP contribution in [0.3, 0.4) is 0 Å². The molecule has 1 aliphatic rings. The molecule has 1 aromatic heterocycles. The summed E-state index contributed by atoms with van der Waals surface area (Å²) < 4.78 is 0. The van der Waals surface area contributed by atoms with Crippen molar-refractivity contribution in [2.24, 2.45) is 5.92 Å². The van der Waals surface area contributed by atoms with E-state index in [2.05, 4.69) is 15.4 Å². The Labute approximate surface area is 70.4 Å². The summed E-state index contributed by atoms with van der Waals surface area (Å²) >= 11 is 0. The molecule has 0 atom stereocenters. The van der Waals surface area contributed by atoms with Crippen LogP contribution in [0.1, 0.15) is 35.9 Å². The summed E-state index contributed by atoms with van der Waals surface area (Å²) in [4.78, 5) is 11.5. The molecule has 0 bridgehead atoms. The minimum absolute atomic E-state index is 0.167. The van der Waals surface area contributed by atoms with Gasteiger partial charge < -0.3 is 0 Å². The first kappa shape index (κ1) is 7.46. The van der Waals surface area contributed by atoms with Gasteiger partial charge in [-0.2, -0.15) is 15.4 Å². The van der Waals surface area contributed by atoms with E-state index in [4.69, 9.17) is 0 Å².